The SMILES string of the molecule is CCc1ccc(NC(=O)CSc2nnc(N3C(N)=C(C#N)C(c4ccc(C)cc4)C4=C3CC(C)(C)CC4=O)s2)cc1. The van der Waals surface area contributed by atoms with Gasteiger partial charge in [-0.1, -0.05) is 85.8 Å². The normalized spacial score (nSPS) is 18.3. The molecular formula is C31H32N6O2S2. The number of nitrogens with one attached hydrogen (secondary N) is 1. The number of hydrogen-bond donors (Lipinski definition) is 2. The van der Waals surface area contributed by atoms with Crippen LogP contribution in [0.3, 0.4) is 0 Å². The Bertz CT molecular complexity index is 1600. The molecule has 2 aliphatic rings. The Labute approximate surface area is 248 Å². The van der Waals surface area contributed by atoms with Crippen LogP contribution in [0.5, 0.6) is 0 Å². The van der Waals surface area contributed by atoms with Crippen LogP contribution in [0.2, 0.25) is 0 Å². The first kappa shape index (κ1) is 28.6. The number of aromatic nitrogens is 2. The number of aryl methyl sites for hydroxylation is 2. The van der Waals surface area contributed by atoms with Crippen LogP contribution in [0.15, 0.2) is 75.5 Å². The summed E-state index contributed by atoms with van der Waals surface area (Å²) < 4.78 is 0.590. The fraction of sp³-hybridized carbons (Fsp3) is 0.323. The summed E-state index contributed by atoms with van der Waals surface area (Å²) in [5.41, 5.74) is 12.0. The highest BCUT2D eigenvalue weighted by atomic mass is 32.2. The molecule has 0 saturated heterocycles. The molecule has 210 valence electrons. The summed E-state index contributed by atoms with van der Waals surface area (Å²) in [4.78, 5) is 28.0. The third-order valence-corrected chi connectivity index (χ3v) is 9.39. The zero-order chi connectivity index (χ0) is 29.3. The van der Waals surface area contributed by atoms with Crippen molar-refractivity contribution in [3.05, 3.63) is 87.9 Å². The maximum absolute atomic E-state index is 13.7. The topological polar surface area (TPSA) is 125 Å². The fourth-order valence-corrected chi connectivity index (χ4v) is 7.00. The molecule has 2 aromatic carbocycles. The second-order valence-corrected chi connectivity index (χ2v) is 13.3. The third kappa shape index (κ3) is 5.92. The highest BCUT2D eigenvalue weighted by molar-refractivity contribution is 8.01. The van der Waals surface area contributed by atoms with E-state index in [1.807, 2.05) is 55.5 Å². The Morgan fingerprint density at radius 1 is 1.17 bits per heavy atom. The minimum atomic E-state index is -0.535. The van der Waals surface area contributed by atoms with Crippen LogP contribution >= 0.6 is 23.1 Å². The van der Waals surface area contributed by atoms with Crippen LogP contribution in [0.1, 0.15) is 56.2 Å². The number of nitrogens with zero attached hydrogens (tertiary/aromatic N) is 4. The first-order valence-corrected chi connectivity index (χ1v) is 15.3. The van der Waals surface area contributed by atoms with E-state index in [9.17, 15) is 14.9 Å². The zero-order valence-electron chi connectivity index (χ0n) is 23.5. The molecule has 8 nitrogen and oxygen atoms in total. The van der Waals surface area contributed by atoms with Crippen molar-refractivity contribution in [2.45, 2.75) is 57.2 Å². The molecule has 0 radical (unpaired) electrons. The molecule has 2 heterocycles. The average molecular weight is 585 g/mol. The lowest BCUT2D eigenvalue weighted by atomic mass is 9.68. The maximum Gasteiger partial charge on any atom is 0.234 e. The molecule has 5 rings (SSSR count). The molecular weight excluding hydrogens is 553 g/mol. The van der Waals surface area contributed by atoms with E-state index in [0.717, 1.165) is 28.9 Å². The summed E-state index contributed by atoms with van der Waals surface area (Å²) in [6.45, 7) is 8.20. The summed E-state index contributed by atoms with van der Waals surface area (Å²) in [7, 11) is 0. The van der Waals surface area contributed by atoms with Crippen molar-refractivity contribution < 1.29 is 9.59 Å². The standard InChI is InChI=1S/C31H32N6O2S2/c1-5-19-8-12-21(13-9-19)34-25(39)17-40-30-36-35-29(41-30)37-23-14-31(3,4)15-24(38)27(23)26(22(16-32)28(37)33)20-10-6-18(2)7-11-20/h6-13,26H,5,14-15,17,33H2,1-4H3,(H,34,39). The number of carbonyl (C=O) groups is 2. The summed E-state index contributed by atoms with van der Waals surface area (Å²) >= 11 is 2.56. The molecule has 41 heavy (non-hydrogen) atoms. The second kappa shape index (κ2) is 11.5. The molecule has 0 spiro atoms. The average Bonchev–Trinajstić information content (AvgIpc) is 3.40. The Kier molecular flexibility index (Phi) is 8.02. The van der Waals surface area contributed by atoms with Gasteiger partial charge in [-0.3, -0.25) is 14.5 Å². The van der Waals surface area contributed by atoms with Crippen LogP contribution in [0, 0.1) is 23.7 Å². The van der Waals surface area contributed by atoms with Gasteiger partial charge in [0.1, 0.15) is 5.82 Å². The lowest BCUT2D eigenvalue weighted by Gasteiger charge is -2.42. The van der Waals surface area contributed by atoms with Gasteiger partial charge >= 0.3 is 0 Å². The van der Waals surface area contributed by atoms with Crippen molar-refractivity contribution in [3.8, 4) is 6.07 Å². The predicted molar refractivity (Wildman–Crippen MR) is 163 cm³/mol. The number of ketones is 1. The fourth-order valence-electron chi connectivity index (χ4n) is 5.32. The number of nitriles is 1. The van der Waals surface area contributed by atoms with Crippen molar-refractivity contribution >= 4 is 45.6 Å². The predicted octanol–water partition coefficient (Wildman–Crippen LogP) is 6.08. The first-order chi connectivity index (χ1) is 19.6. The molecule has 1 atom stereocenters. The van der Waals surface area contributed by atoms with Crippen molar-refractivity contribution in [3.63, 3.8) is 0 Å². The number of carbonyl (C=O) groups excluding carboxylic acids is 2. The van der Waals surface area contributed by atoms with Crippen LogP contribution in [-0.4, -0.2) is 27.6 Å². The number of rotatable bonds is 7. The first-order valence-electron chi connectivity index (χ1n) is 13.5. The van der Waals surface area contributed by atoms with E-state index in [1.165, 1.54) is 28.7 Å². The highest BCUT2D eigenvalue weighted by Crippen LogP contribution is 2.50. The number of hydrogen-bond acceptors (Lipinski definition) is 9. The van der Waals surface area contributed by atoms with Crippen LogP contribution in [0.25, 0.3) is 0 Å². The quantitative estimate of drug-likeness (QED) is 0.320. The summed E-state index contributed by atoms with van der Waals surface area (Å²) in [6.07, 6.45) is 1.91. The van der Waals surface area contributed by atoms with Crippen molar-refractivity contribution in [1.29, 1.82) is 5.26 Å². The molecule has 0 fully saturated rings. The minimum Gasteiger partial charge on any atom is -0.384 e. The monoisotopic (exact) mass is 584 g/mol. The van der Waals surface area contributed by atoms with E-state index in [1.54, 1.807) is 4.90 Å². The van der Waals surface area contributed by atoms with Gasteiger partial charge in [-0.25, -0.2) is 0 Å². The number of allylic oxidation sites excluding steroid dienone is 3. The highest BCUT2D eigenvalue weighted by Gasteiger charge is 2.45. The number of Topliss-reactive ketones (excluding diaryl/α,β-unsaturated/α-hetero) is 1. The third-order valence-electron chi connectivity index (χ3n) is 7.35. The van der Waals surface area contributed by atoms with Gasteiger partial charge in [0.25, 0.3) is 0 Å². The van der Waals surface area contributed by atoms with E-state index in [0.29, 0.717) is 33.5 Å². The molecule has 1 aromatic heterocycles. The van der Waals surface area contributed by atoms with Gasteiger partial charge < -0.3 is 11.1 Å². The Hall–Kier alpha value is -3.94. The van der Waals surface area contributed by atoms with Crippen LogP contribution < -0.4 is 16.0 Å². The number of benzene rings is 2. The summed E-state index contributed by atoms with van der Waals surface area (Å²) in [6, 6.07) is 18.0. The number of nitrogens with two attached hydrogens (primary N) is 1. The Balaban J connectivity index is 1.43. The minimum absolute atomic E-state index is 0.00910. The molecule has 0 saturated carbocycles. The van der Waals surface area contributed by atoms with Gasteiger partial charge in [0.05, 0.1) is 23.3 Å². The molecule has 1 aliphatic heterocycles. The maximum atomic E-state index is 13.7. The molecule has 1 unspecified atom stereocenters. The van der Waals surface area contributed by atoms with Crippen molar-refractivity contribution in [1.82, 2.24) is 10.2 Å². The second-order valence-electron chi connectivity index (χ2n) is 11.1. The molecule has 10 heteroatoms. The van der Waals surface area contributed by atoms with Crippen molar-refractivity contribution in [2.75, 3.05) is 16.0 Å². The largest absolute Gasteiger partial charge is 0.384 e. The van der Waals surface area contributed by atoms with Gasteiger partial charge in [-0.2, -0.15) is 5.26 Å². The molecule has 3 aromatic rings. The van der Waals surface area contributed by atoms with E-state index in [4.69, 9.17) is 5.73 Å². The number of thioether (sulfide) groups is 1. The van der Waals surface area contributed by atoms with E-state index in [-0.39, 0.29) is 28.7 Å². The lowest BCUT2D eigenvalue weighted by molar-refractivity contribution is -0.118. The van der Waals surface area contributed by atoms with E-state index < -0.39 is 5.92 Å². The Morgan fingerprint density at radius 2 is 1.88 bits per heavy atom. The summed E-state index contributed by atoms with van der Waals surface area (Å²) in [5, 5.41) is 22.3. The smallest absolute Gasteiger partial charge is 0.234 e. The lowest BCUT2D eigenvalue weighted by Crippen LogP contribution is -2.42. The Morgan fingerprint density at radius 3 is 2.54 bits per heavy atom. The van der Waals surface area contributed by atoms with E-state index >= 15 is 0 Å². The molecule has 1 aliphatic carbocycles. The molecule has 0 bridgehead atoms. The zero-order valence-corrected chi connectivity index (χ0v) is 25.2. The van der Waals surface area contributed by atoms with Gasteiger partial charge in [0, 0.05) is 23.4 Å². The van der Waals surface area contributed by atoms with Gasteiger partial charge in [0.2, 0.25) is 11.0 Å². The van der Waals surface area contributed by atoms with Crippen LogP contribution in [0.4, 0.5) is 10.8 Å². The molecule has 1 amide bonds. The number of anilines is 2. The molecule has 3 N–H and O–H groups in total. The van der Waals surface area contributed by atoms with Gasteiger partial charge in [0.15, 0.2) is 10.1 Å². The van der Waals surface area contributed by atoms with Gasteiger partial charge in [-0.05, 0) is 48.4 Å². The number of amides is 1. The van der Waals surface area contributed by atoms with E-state index in [2.05, 4.69) is 42.4 Å². The van der Waals surface area contributed by atoms with Crippen molar-refractivity contribution in [2.24, 2.45) is 11.1 Å². The van der Waals surface area contributed by atoms with Gasteiger partial charge in [-0.15, -0.1) is 10.2 Å². The summed E-state index contributed by atoms with van der Waals surface area (Å²) in [5.74, 6) is -0.260. The van der Waals surface area contributed by atoms with Crippen LogP contribution in [-0.2, 0) is 16.0 Å².